The van der Waals surface area contributed by atoms with E-state index >= 15 is 0 Å². The first-order chi connectivity index (χ1) is 8.24. The van der Waals surface area contributed by atoms with Crippen molar-refractivity contribution in [2.75, 3.05) is 0 Å². The third kappa shape index (κ3) is 1.67. The smallest absolute Gasteiger partial charge is 0.142 e. The molecule has 0 N–H and O–H groups in total. The number of nitrogens with zero attached hydrogens (tertiary/aromatic N) is 3. The average Bonchev–Trinajstić information content (AvgIpc) is 2.71. The van der Waals surface area contributed by atoms with Crippen molar-refractivity contribution in [1.82, 2.24) is 14.6 Å². The number of hydrogen-bond donors (Lipinski definition) is 0. The van der Waals surface area contributed by atoms with Crippen LogP contribution in [0.2, 0.25) is 0 Å². The Kier molecular flexibility index (Phi) is 2.14. The van der Waals surface area contributed by atoms with Gasteiger partial charge in [0.15, 0.2) is 0 Å². The minimum atomic E-state index is -0.334. The van der Waals surface area contributed by atoms with Gasteiger partial charge in [-0.2, -0.15) is 5.10 Å². The number of halogens is 1. The molecule has 3 heterocycles. The highest BCUT2D eigenvalue weighted by molar-refractivity contribution is 5.65. The fourth-order valence-electron chi connectivity index (χ4n) is 1.85. The molecule has 84 valence electrons. The third-order valence-corrected chi connectivity index (χ3v) is 2.75. The van der Waals surface area contributed by atoms with Crippen LogP contribution in [-0.4, -0.2) is 14.6 Å². The van der Waals surface area contributed by atoms with Crippen LogP contribution in [0.1, 0.15) is 5.56 Å². The quantitative estimate of drug-likeness (QED) is 0.640. The van der Waals surface area contributed by atoms with E-state index in [1.54, 1.807) is 10.7 Å². The van der Waals surface area contributed by atoms with Crippen molar-refractivity contribution in [3.05, 3.63) is 54.4 Å². The standard InChI is InChI=1S/C13H10FN3/c1-9-5-16-17-8-10(2-3-13(9)17)11-4-12(14)7-15-6-11/h2-8H,1H3. The third-order valence-electron chi connectivity index (χ3n) is 2.75. The zero-order valence-electron chi connectivity index (χ0n) is 9.26. The Morgan fingerprint density at radius 2 is 2.00 bits per heavy atom. The first-order valence-electron chi connectivity index (χ1n) is 5.29. The molecule has 0 saturated carbocycles. The van der Waals surface area contributed by atoms with E-state index in [2.05, 4.69) is 10.1 Å². The molecule has 0 spiro atoms. The Hall–Kier alpha value is -2.23. The molecule has 3 rings (SSSR count). The van der Waals surface area contributed by atoms with Crippen molar-refractivity contribution in [3.63, 3.8) is 0 Å². The molecule has 3 nitrogen and oxygen atoms in total. The maximum absolute atomic E-state index is 13.1. The fraction of sp³-hybridized carbons (Fsp3) is 0.0769. The molecule has 0 bridgehead atoms. The highest BCUT2D eigenvalue weighted by atomic mass is 19.1. The summed E-state index contributed by atoms with van der Waals surface area (Å²) >= 11 is 0. The van der Waals surface area contributed by atoms with Crippen molar-refractivity contribution in [2.45, 2.75) is 6.92 Å². The van der Waals surface area contributed by atoms with Gasteiger partial charge in [0.05, 0.1) is 17.9 Å². The summed E-state index contributed by atoms with van der Waals surface area (Å²) in [7, 11) is 0. The summed E-state index contributed by atoms with van der Waals surface area (Å²) in [4.78, 5) is 3.84. The predicted octanol–water partition coefficient (Wildman–Crippen LogP) is 2.84. The zero-order chi connectivity index (χ0) is 11.8. The number of pyridine rings is 2. The van der Waals surface area contributed by atoms with E-state index in [1.807, 2.05) is 31.5 Å². The van der Waals surface area contributed by atoms with E-state index in [4.69, 9.17) is 0 Å². The van der Waals surface area contributed by atoms with Gasteiger partial charge in [-0.3, -0.25) is 4.98 Å². The van der Waals surface area contributed by atoms with Crippen LogP contribution in [0.25, 0.3) is 16.6 Å². The first kappa shape index (κ1) is 9.96. The summed E-state index contributed by atoms with van der Waals surface area (Å²) in [6, 6.07) is 5.38. The summed E-state index contributed by atoms with van der Waals surface area (Å²) in [5.41, 5.74) is 3.82. The van der Waals surface area contributed by atoms with Gasteiger partial charge in [-0.25, -0.2) is 8.91 Å². The summed E-state index contributed by atoms with van der Waals surface area (Å²) in [5, 5.41) is 4.23. The van der Waals surface area contributed by atoms with Crippen LogP contribution in [0.15, 0.2) is 43.0 Å². The van der Waals surface area contributed by atoms with Crippen LogP contribution in [0, 0.1) is 12.7 Å². The van der Waals surface area contributed by atoms with Gasteiger partial charge in [0.25, 0.3) is 0 Å². The van der Waals surface area contributed by atoms with Crippen LogP contribution in [0.4, 0.5) is 4.39 Å². The van der Waals surface area contributed by atoms with Crippen LogP contribution < -0.4 is 0 Å². The van der Waals surface area contributed by atoms with E-state index in [0.717, 1.165) is 22.2 Å². The van der Waals surface area contributed by atoms with E-state index in [0.29, 0.717) is 0 Å². The Labute approximate surface area is 97.5 Å². The molecule has 0 saturated heterocycles. The molecule has 3 aromatic heterocycles. The lowest BCUT2D eigenvalue weighted by atomic mass is 10.1. The van der Waals surface area contributed by atoms with Crippen molar-refractivity contribution < 1.29 is 4.39 Å². The summed E-state index contributed by atoms with van der Waals surface area (Å²) in [5.74, 6) is -0.334. The number of rotatable bonds is 1. The molecule has 0 radical (unpaired) electrons. The molecule has 0 amide bonds. The van der Waals surface area contributed by atoms with Crippen molar-refractivity contribution in [2.24, 2.45) is 0 Å². The largest absolute Gasteiger partial charge is 0.261 e. The maximum Gasteiger partial charge on any atom is 0.142 e. The van der Waals surface area contributed by atoms with E-state index in [9.17, 15) is 4.39 Å². The predicted molar refractivity (Wildman–Crippen MR) is 63.1 cm³/mol. The highest BCUT2D eigenvalue weighted by Crippen LogP contribution is 2.20. The minimum Gasteiger partial charge on any atom is -0.261 e. The molecule has 0 fully saturated rings. The number of aryl methyl sites for hydroxylation is 1. The number of aromatic nitrogens is 3. The van der Waals surface area contributed by atoms with Crippen LogP contribution in [0.3, 0.4) is 0 Å². The topological polar surface area (TPSA) is 30.2 Å². The Morgan fingerprint density at radius 3 is 2.82 bits per heavy atom. The Morgan fingerprint density at radius 1 is 1.12 bits per heavy atom. The molecule has 0 aliphatic carbocycles. The molecular weight excluding hydrogens is 217 g/mol. The van der Waals surface area contributed by atoms with Gasteiger partial charge in [0.2, 0.25) is 0 Å². The lowest BCUT2D eigenvalue weighted by Gasteiger charge is -2.02. The van der Waals surface area contributed by atoms with Crippen LogP contribution in [0.5, 0.6) is 0 Å². The van der Waals surface area contributed by atoms with Gasteiger partial charge in [0.1, 0.15) is 5.82 Å². The minimum absolute atomic E-state index is 0.334. The van der Waals surface area contributed by atoms with Gasteiger partial charge in [-0.1, -0.05) is 6.07 Å². The average molecular weight is 227 g/mol. The van der Waals surface area contributed by atoms with Crippen LogP contribution in [-0.2, 0) is 0 Å². The zero-order valence-corrected chi connectivity index (χ0v) is 9.26. The maximum atomic E-state index is 13.1. The molecule has 0 aromatic carbocycles. The fourth-order valence-corrected chi connectivity index (χ4v) is 1.85. The van der Waals surface area contributed by atoms with Gasteiger partial charge in [-0.15, -0.1) is 0 Å². The van der Waals surface area contributed by atoms with E-state index in [1.165, 1.54) is 12.3 Å². The summed E-state index contributed by atoms with van der Waals surface area (Å²) in [6.07, 6.45) is 6.52. The van der Waals surface area contributed by atoms with Crippen LogP contribution >= 0.6 is 0 Å². The lowest BCUT2D eigenvalue weighted by Crippen LogP contribution is -1.89. The van der Waals surface area contributed by atoms with E-state index < -0.39 is 0 Å². The monoisotopic (exact) mass is 227 g/mol. The molecule has 0 unspecified atom stereocenters. The van der Waals surface area contributed by atoms with Crippen molar-refractivity contribution in [3.8, 4) is 11.1 Å². The molecule has 4 heteroatoms. The lowest BCUT2D eigenvalue weighted by molar-refractivity contribution is 0.622. The second-order valence-corrected chi connectivity index (χ2v) is 3.97. The van der Waals surface area contributed by atoms with Gasteiger partial charge in [-0.05, 0) is 24.6 Å². The normalized spacial score (nSPS) is 10.9. The molecule has 3 aromatic rings. The SMILES string of the molecule is Cc1cnn2cc(-c3cncc(F)c3)ccc12. The van der Waals surface area contributed by atoms with E-state index in [-0.39, 0.29) is 5.82 Å². The molecular formula is C13H10FN3. The molecule has 0 atom stereocenters. The van der Waals surface area contributed by atoms with Crippen molar-refractivity contribution in [1.29, 1.82) is 0 Å². The second-order valence-electron chi connectivity index (χ2n) is 3.97. The molecule has 0 aliphatic rings. The number of fused-ring (bicyclic) bond motifs is 1. The second kappa shape index (κ2) is 3.66. The summed E-state index contributed by atoms with van der Waals surface area (Å²) < 4.78 is 14.9. The molecule has 0 aliphatic heterocycles. The van der Waals surface area contributed by atoms with Crippen molar-refractivity contribution >= 4 is 5.52 Å². The van der Waals surface area contributed by atoms with Gasteiger partial charge < -0.3 is 0 Å². The van der Waals surface area contributed by atoms with Gasteiger partial charge >= 0.3 is 0 Å². The first-order valence-corrected chi connectivity index (χ1v) is 5.29. The summed E-state index contributed by atoms with van der Waals surface area (Å²) in [6.45, 7) is 2.01. The highest BCUT2D eigenvalue weighted by Gasteiger charge is 2.03. The van der Waals surface area contributed by atoms with Gasteiger partial charge in [0, 0.05) is 23.5 Å². The number of hydrogen-bond acceptors (Lipinski definition) is 2. The Balaban J connectivity index is 2.18. The Bertz CT molecular complexity index is 688. The molecule has 17 heavy (non-hydrogen) atoms.